The van der Waals surface area contributed by atoms with Gasteiger partial charge in [-0.05, 0) is 43.2 Å². The molecule has 8 heteroatoms. The van der Waals surface area contributed by atoms with Crippen molar-refractivity contribution in [1.29, 1.82) is 0 Å². The second-order valence-electron chi connectivity index (χ2n) is 6.30. The summed E-state index contributed by atoms with van der Waals surface area (Å²) in [6, 6.07) is 8.06. The van der Waals surface area contributed by atoms with Gasteiger partial charge in [0.25, 0.3) is 5.91 Å². The molecular weight excluding hydrogens is 442 g/mol. The SMILES string of the molecule is O=C(Nc1ccc(Br)cc1Cl)C1CCN(C(=O)c2ccc(F)cc2F)CC1. The highest BCUT2D eigenvalue weighted by Gasteiger charge is 2.29. The van der Waals surface area contributed by atoms with Crippen molar-refractivity contribution in [3.05, 3.63) is 63.1 Å². The van der Waals surface area contributed by atoms with Crippen LogP contribution in [0.25, 0.3) is 0 Å². The molecule has 1 fully saturated rings. The van der Waals surface area contributed by atoms with Crippen LogP contribution in [0, 0.1) is 17.6 Å². The van der Waals surface area contributed by atoms with Crippen LogP contribution < -0.4 is 5.32 Å². The van der Waals surface area contributed by atoms with Gasteiger partial charge in [0.1, 0.15) is 11.6 Å². The minimum absolute atomic E-state index is 0.166. The molecule has 3 rings (SSSR count). The lowest BCUT2D eigenvalue weighted by Gasteiger charge is -2.31. The number of benzene rings is 2. The van der Waals surface area contributed by atoms with E-state index >= 15 is 0 Å². The van der Waals surface area contributed by atoms with Crippen LogP contribution in [0.15, 0.2) is 40.9 Å². The Morgan fingerprint density at radius 1 is 1.11 bits per heavy atom. The maximum atomic E-state index is 13.8. The van der Waals surface area contributed by atoms with Gasteiger partial charge in [-0.3, -0.25) is 9.59 Å². The monoisotopic (exact) mass is 456 g/mol. The van der Waals surface area contributed by atoms with Gasteiger partial charge in [-0.15, -0.1) is 0 Å². The molecule has 0 bridgehead atoms. The average Bonchev–Trinajstić information content (AvgIpc) is 2.63. The molecule has 2 amide bonds. The highest BCUT2D eigenvalue weighted by Crippen LogP contribution is 2.27. The summed E-state index contributed by atoms with van der Waals surface area (Å²) in [5.74, 6) is -2.55. The van der Waals surface area contributed by atoms with Crippen molar-refractivity contribution in [1.82, 2.24) is 4.90 Å². The Morgan fingerprint density at radius 3 is 2.44 bits per heavy atom. The Morgan fingerprint density at radius 2 is 1.81 bits per heavy atom. The van der Waals surface area contributed by atoms with Gasteiger partial charge in [0.15, 0.2) is 0 Å². The lowest BCUT2D eigenvalue weighted by atomic mass is 9.95. The van der Waals surface area contributed by atoms with Crippen molar-refractivity contribution >= 4 is 45.0 Å². The summed E-state index contributed by atoms with van der Waals surface area (Å²) in [5.41, 5.74) is 0.359. The van der Waals surface area contributed by atoms with E-state index in [1.807, 2.05) is 0 Å². The van der Waals surface area contributed by atoms with Crippen LogP contribution in [0.5, 0.6) is 0 Å². The first-order chi connectivity index (χ1) is 12.8. The molecule has 0 radical (unpaired) electrons. The average molecular weight is 458 g/mol. The number of hydrogen-bond donors (Lipinski definition) is 1. The summed E-state index contributed by atoms with van der Waals surface area (Å²) in [4.78, 5) is 26.4. The van der Waals surface area contributed by atoms with E-state index in [9.17, 15) is 18.4 Å². The number of nitrogens with one attached hydrogen (secondary N) is 1. The summed E-state index contributed by atoms with van der Waals surface area (Å²) >= 11 is 9.42. The Bertz CT molecular complexity index is 886. The van der Waals surface area contributed by atoms with Crippen LogP contribution in [0.3, 0.4) is 0 Å². The third kappa shape index (κ3) is 4.65. The summed E-state index contributed by atoms with van der Waals surface area (Å²) in [7, 11) is 0. The molecule has 1 N–H and O–H groups in total. The highest BCUT2D eigenvalue weighted by atomic mass is 79.9. The predicted molar refractivity (Wildman–Crippen MR) is 103 cm³/mol. The molecule has 4 nitrogen and oxygen atoms in total. The largest absolute Gasteiger partial charge is 0.339 e. The van der Waals surface area contributed by atoms with Crippen LogP contribution in [-0.2, 0) is 4.79 Å². The quantitative estimate of drug-likeness (QED) is 0.715. The van der Waals surface area contributed by atoms with Crippen LogP contribution in [-0.4, -0.2) is 29.8 Å². The summed E-state index contributed by atoms with van der Waals surface area (Å²) in [6.45, 7) is 0.642. The maximum Gasteiger partial charge on any atom is 0.256 e. The molecular formula is C19H16BrClF2N2O2. The first-order valence-electron chi connectivity index (χ1n) is 8.35. The van der Waals surface area contributed by atoms with Gasteiger partial charge >= 0.3 is 0 Å². The fourth-order valence-corrected chi connectivity index (χ4v) is 3.72. The minimum Gasteiger partial charge on any atom is -0.339 e. The first kappa shape index (κ1) is 19.8. The number of carbonyl (C=O) groups is 2. The molecule has 0 saturated carbocycles. The fraction of sp³-hybridized carbons (Fsp3) is 0.263. The number of likely N-dealkylation sites (tertiary alicyclic amines) is 1. The minimum atomic E-state index is -0.884. The number of carbonyl (C=O) groups excluding carboxylic acids is 2. The second-order valence-corrected chi connectivity index (χ2v) is 7.63. The number of nitrogens with zero attached hydrogens (tertiary/aromatic N) is 1. The van der Waals surface area contributed by atoms with Crippen molar-refractivity contribution < 1.29 is 18.4 Å². The lowest BCUT2D eigenvalue weighted by molar-refractivity contribution is -0.121. The van der Waals surface area contributed by atoms with Gasteiger partial charge in [0.2, 0.25) is 5.91 Å². The molecule has 0 spiro atoms. The molecule has 1 saturated heterocycles. The van der Waals surface area contributed by atoms with Crippen molar-refractivity contribution in [2.24, 2.45) is 5.92 Å². The molecule has 2 aromatic rings. The number of halogens is 4. The molecule has 27 heavy (non-hydrogen) atoms. The zero-order valence-corrected chi connectivity index (χ0v) is 16.5. The molecule has 0 aromatic heterocycles. The van der Waals surface area contributed by atoms with E-state index in [1.165, 1.54) is 4.90 Å². The Balaban J connectivity index is 1.59. The topological polar surface area (TPSA) is 49.4 Å². The third-order valence-electron chi connectivity index (χ3n) is 4.50. The maximum absolute atomic E-state index is 13.8. The molecule has 0 unspecified atom stereocenters. The predicted octanol–water partition coefficient (Wildman–Crippen LogP) is 4.87. The van der Waals surface area contributed by atoms with Gasteiger partial charge in [-0.2, -0.15) is 0 Å². The standard InChI is InChI=1S/C19H16BrClF2N2O2/c20-12-1-4-17(15(21)9-12)24-18(26)11-5-7-25(8-6-11)19(27)14-3-2-13(22)10-16(14)23/h1-4,9-11H,5-8H2,(H,24,26). The zero-order chi connectivity index (χ0) is 19.6. The molecule has 1 aliphatic heterocycles. The molecule has 2 aromatic carbocycles. The van der Waals surface area contributed by atoms with E-state index in [1.54, 1.807) is 18.2 Å². The summed E-state index contributed by atoms with van der Waals surface area (Å²) < 4.78 is 27.6. The van der Waals surface area contributed by atoms with E-state index in [4.69, 9.17) is 11.6 Å². The van der Waals surface area contributed by atoms with Crippen LogP contribution in [0.1, 0.15) is 23.2 Å². The van der Waals surface area contributed by atoms with Crippen LogP contribution in [0.4, 0.5) is 14.5 Å². The first-order valence-corrected chi connectivity index (χ1v) is 9.52. The van der Waals surface area contributed by atoms with Crippen LogP contribution >= 0.6 is 27.5 Å². The van der Waals surface area contributed by atoms with E-state index in [0.29, 0.717) is 42.7 Å². The Labute approximate surface area is 168 Å². The van der Waals surface area contributed by atoms with Crippen molar-refractivity contribution in [2.75, 3.05) is 18.4 Å². The molecule has 0 atom stereocenters. The van der Waals surface area contributed by atoms with Gasteiger partial charge in [0.05, 0.1) is 16.3 Å². The number of amides is 2. The van der Waals surface area contributed by atoms with Gasteiger partial charge in [-0.25, -0.2) is 8.78 Å². The third-order valence-corrected chi connectivity index (χ3v) is 5.31. The second kappa shape index (κ2) is 8.35. The molecule has 0 aliphatic carbocycles. The van der Waals surface area contributed by atoms with E-state index < -0.39 is 17.5 Å². The van der Waals surface area contributed by atoms with Crippen molar-refractivity contribution in [3.63, 3.8) is 0 Å². The zero-order valence-electron chi connectivity index (χ0n) is 14.1. The summed E-state index contributed by atoms with van der Waals surface area (Å²) in [6.07, 6.45) is 0.906. The summed E-state index contributed by atoms with van der Waals surface area (Å²) in [5, 5.41) is 3.23. The van der Waals surface area contributed by atoms with Gasteiger partial charge in [0, 0.05) is 29.5 Å². The van der Waals surface area contributed by atoms with Crippen LogP contribution in [0.2, 0.25) is 5.02 Å². The Hall–Kier alpha value is -1.99. The Kier molecular flexibility index (Phi) is 6.11. The highest BCUT2D eigenvalue weighted by molar-refractivity contribution is 9.10. The molecule has 142 valence electrons. The lowest BCUT2D eigenvalue weighted by Crippen LogP contribution is -2.41. The van der Waals surface area contributed by atoms with Crippen molar-refractivity contribution in [2.45, 2.75) is 12.8 Å². The van der Waals surface area contributed by atoms with Gasteiger partial charge in [-0.1, -0.05) is 27.5 Å². The number of hydrogen-bond acceptors (Lipinski definition) is 2. The number of anilines is 1. The van der Waals surface area contributed by atoms with E-state index in [-0.39, 0.29) is 17.4 Å². The number of piperidine rings is 1. The normalized spacial score (nSPS) is 14.9. The van der Waals surface area contributed by atoms with E-state index in [2.05, 4.69) is 21.2 Å². The fourth-order valence-electron chi connectivity index (χ4n) is 3.00. The van der Waals surface area contributed by atoms with Crippen molar-refractivity contribution in [3.8, 4) is 0 Å². The number of rotatable bonds is 3. The molecule has 1 aliphatic rings. The molecule has 1 heterocycles. The smallest absolute Gasteiger partial charge is 0.256 e. The van der Waals surface area contributed by atoms with E-state index in [0.717, 1.165) is 16.6 Å². The van der Waals surface area contributed by atoms with Gasteiger partial charge < -0.3 is 10.2 Å².